The van der Waals surface area contributed by atoms with Gasteiger partial charge >= 0.3 is 0 Å². The minimum absolute atomic E-state index is 0. The second-order valence-corrected chi connectivity index (χ2v) is 7.41. The fourth-order valence-corrected chi connectivity index (χ4v) is 4.15. The van der Waals surface area contributed by atoms with Crippen LogP contribution in [-0.4, -0.2) is 73.2 Å². The highest BCUT2D eigenvalue weighted by Crippen LogP contribution is 2.23. The molecule has 2 aliphatic rings. The number of likely N-dealkylation sites (tertiary alicyclic amines) is 1. The first-order valence-corrected chi connectivity index (χ1v) is 9.71. The fourth-order valence-electron chi connectivity index (χ4n) is 3.35. The molecule has 0 spiro atoms. The van der Waals surface area contributed by atoms with Crippen LogP contribution in [0, 0.1) is 0 Å². The molecule has 2 saturated heterocycles. The van der Waals surface area contributed by atoms with Crippen LogP contribution in [0.4, 0.5) is 0 Å². The number of hydrogen-bond acceptors (Lipinski definition) is 5. The summed E-state index contributed by atoms with van der Waals surface area (Å²) in [5.74, 6) is 1.54. The summed E-state index contributed by atoms with van der Waals surface area (Å²) < 4.78 is 5.15. The van der Waals surface area contributed by atoms with Crippen molar-refractivity contribution in [2.75, 3.05) is 45.6 Å². The van der Waals surface area contributed by atoms with E-state index < -0.39 is 0 Å². The molecule has 1 aromatic carbocycles. The molecule has 1 N–H and O–H groups in total. The lowest BCUT2D eigenvalue weighted by molar-refractivity contribution is -0.139. The molecule has 0 aromatic heterocycles. The normalized spacial score (nSPS) is 20.5. The number of carbonyl (C=O) groups excluding carboxylic acids is 2. The summed E-state index contributed by atoms with van der Waals surface area (Å²) in [4.78, 5) is 29.6. The number of rotatable bonds is 5. The van der Waals surface area contributed by atoms with E-state index in [1.54, 1.807) is 18.9 Å². The van der Waals surface area contributed by atoms with E-state index in [9.17, 15) is 9.59 Å². The highest BCUT2D eigenvalue weighted by atomic mass is 35.5. The number of halogens is 1. The van der Waals surface area contributed by atoms with Crippen molar-refractivity contribution in [2.45, 2.75) is 23.8 Å². The standard InChI is InChI=1S/C18H25N3O3S.ClH/c1-24-15-4-6-16(7-5-15)25-13-18(23)20-9-2-3-14(12-20)21-10-8-19-11-17(21)22;/h4-7,14,19H,2-3,8-13H2,1H3;1H. The second-order valence-electron chi connectivity index (χ2n) is 6.36. The first-order chi connectivity index (χ1) is 12.2. The molecule has 26 heavy (non-hydrogen) atoms. The monoisotopic (exact) mass is 399 g/mol. The van der Waals surface area contributed by atoms with Crippen LogP contribution in [-0.2, 0) is 9.59 Å². The predicted molar refractivity (Wildman–Crippen MR) is 105 cm³/mol. The molecule has 0 saturated carbocycles. The van der Waals surface area contributed by atoms with Gasteiger partial charge in [-0.05, 0) is 37.1 Å². The van der Waals surface area contributed by atoms with Crippen LogP contribution >= 0.6 is 24.2 Å². The quantitative estimate of drug-likeness (QED) is 0.762. The summed E-state index contributed by atoms with van der Waals surface area (Å²) in [5.41, 5.74) is 0. The van der Waals surface area contributed by atoms with Crippen LogP contribution in [0.15, 0.2) is 29.2 Å². The lowest BCUT2D eigenvalue weighted by Gasteiger charge is -2.41. The molecule has 144 valence electrons. The highest BCUT2D eigenvalue weighted by Gasteiger charge is 2.31. The predicted octanol–water partition coefficient (Wildman–Crippen LogP) is 1.63. The molecule has 2 fully saturated rings. The summed E-state index contributed by atoms with van der Waals surface area (Å²) in [6.07, 6.45) is 1.95. The molecule has 0 aliphatic carbocycles. The molecule has 1 unspecified atom stereocenters. The van der Waals surface area contributed by atoms with Crippen molar-refractivity contribution < 1.29 is 14.3 Å². The number of ether oxygens (including phenoxy) is 1. The lowest BCUT2D eigenvalue weighted by atomic mass is 10.0. The van der Waals surface area contributed by atoms with Gasteiger partial charge in [-0.3, -0.25) is 9.59 Å². The molecule has 2 heterocycles. The number of thioether (sulfide) groups is 1. The Hall–Kier alpha value is -1.44. The Morgan fingerprint density at radius 1 is 1.31 bits per heavy atom. The summed E-state index contributed by atoms with van der Waals surface area (Å²) in [6.45, 7) is 3.44. The Kier molecular flexibility index (Phi) is 8.06. The maximum Gasteiger partial charge on any atom is 0.236 e. The molecular formula is C18H26ClN3O3S. The van der Waals surface area contributed by atoms with E-state index >= 15 is 0 Å². The van der Waals surface area contributed by atoms with E-state index in [2.05, 4.69) is 5.32 Å². The van der Waals surface area contributed by atoms with Crippen LogP contribution in [0.25, 0.3) is 0 Å². The molecule has 2 amide bonds. The second kappa shape index (κ2) is 10.0. The van der Waals surface area contributed by atoms with Gasteiger partial charge in [0, 0.05) is 37.1 Å². The Morgan fingerprint density at radius 2 is 2.08 bits per heavy atom. The van der Waals surface area contributed by atoms with Gasteiger partial charge in [0.05, 0.1) is 19.4 Å². The summed E-state index contributed by atoms with van der Waals surface area (Å²) >= 11 is 1.54. The Bertz CT molecular complexity index is 614. The van der Waals surface area contributed by atoms with E-state index in [1.807, 2.05) is 34.1 Å². The third kappa shape index (κ3) is 5.28. The van der Waals surface area contributed by atoms with Gasteiger partial charge < -0.3 is 19.9 Å². The van der Waals surface area contributed by atoms with Gasteiger partial charge in [0.2, 0.25) is 11.8 Å². The number of nitrogens with zero attached hydrogens (tertiary/aromatic N) is 2. The molecule has 0 radical (unpaired) electrons. The number of hydrogen-bond donors (Lipinski definition) is 1. The van der Waals surface area contributed by atoms with Gasteiger partial charge in [-0.2, -0.15) is 0 Å². The highest BCUT2D eigenvalue weighted by molar-refractivity contribution is 8.00. The van der Waals surface area contributed by atoms with Gasteiger partial charge in [0.25, 0.3) is 0 Å². The van der Waals surface area contributed by atoms with Crippen molar-refractivity contribution in [2.24, 2.45) is 0 Å². The minimum Gasteiger partial charge on any atom is -0.497 e. The molecule has 1 aromatic rings. The van der Waals surface area contributed by atoms with Crippen LogP contribution in [0.1, 0.15) is 12.8 Å². The van der Waals surface area contributed by atoms with E-state index in [-0.39, 0.29) is 30.3 Å². The zero-order valence-electron chi connectivity index (χ0n) is 15.0. The number of benzene rings is 1. The van der Waals surface area contributed by atoms with E-state index in [0.29, 0.717) is 18.8 Å². The average Bonchev–Trinajstić information content (AvgIpc) is 2.67. The largest absolute Gasteiger partial charge is 0.497 e. The van der Waals surface area contributed by atoms with Crippen molar-refractivity contribution in [1.82, 2.24) is 15.1 Å². The lowest BCUT2D eigenvalue weighted by Crippen LogP contribution is -2.57. The summed E-state index contributed by atoms with van der Waals surface area (Å²) in [6, 6.07) is 7.91. The topological polar surface area (TPSA) is 61.9 Å². The van der Waals surface area contributed by atoms with Gasteiger partial charge in [-0.25, -0.2) is 0 Å². The average molecular weight is 400 g/mol. The van der Waals surface area contributed by atoms with E-state index in [4.69, 9.17) is 4.74 Å². The summed E-state index contributed by atoms with van der Waals surface area (Å²) in [5, 5.41) is 3.10. The number of amides is 2. The first kappa shape index (κ1) is 20.9. The van der Waals surface area contributed by atoms with Crippen LogP contribution < -0.4 is 10.1 Å². The van der Waals surface area contributed by atoms with Gasteiger partial charge in [-0.1, -0.05) is 0 Å². The SMILES string of the molecule is COc1ccc(SCC(=O)N2CCCC(N3CCNCC3=O)C2)cc1.Cl. The van der Waals surface area contributed by atoms with Gasteiger partial charge in [0.15, 0.2) is 0 Å². The Balaban J connectivity index is 0.00000243. The van der Waals surface area contributed by atoms with Gasteiger partial charge in [-0.15, -0.1) is 24.2 Å². The van der Waals surface area contributed by atoms with Crippen molar-refractivity contribution in [1.29, 1.82) is 0 Å². The number of nitrogens with one attached hydrogen (secondary N) is 1. The molecule has 6 nitrogen and oxygen atoms in total. The van der Waals surface area contributed by atoms with Crippen molar-refractivity contribution in [3.63, 3.8) is 0 Å². The zero-order valence-corrected chi connectivity index (χ0v) is 16.6. The van der Waals surface area contributed by atoms with Gasteiger partial charge in [0.1, 0.15) is 5.75 Å². The molecule has 3 rings (SSSR count). The number of methoxy groups -OCH3 is 1. The number of piperidine rings is 1. The van der Waals surface area contributed by atoms with Crippen LogP contribution in [0.5, 0.6) is 5.75 Å². The van der Waals surface area contributed by atoms with E-state index in [1.165, 1.54) is 0 Å². The summed E-state index contributed by atoms with van der Waals surface area (Å²) in [7, 11) is 1.64. The van der Waals surface area contributed by atoms with Crippen LogP contribution in [0.2, 0.25) is 0 Å². The third-order valence-electron chi connectivity index (χ3n) is 4.74. The van der Waals surface area contributed by atoms with Crippen LogP contribution in [0.3, 0.4) is 0 Å². The molecule has 1 atom stereocenters. The molecule has 2 aliphatic heterocycles. The first-order valence-electron chi connectivity index (χ1n) is 8.72. The maximum atomic E-state index is 12.6. The number of piperazine rings is 1. The smallest absolute Gasteiger partial charge is 0.236 e. The van der Waals surface area contributed by atoms with Crippen molar-refractivity contribution in [3.05, 3.63) is 24.3 Å². The van der Waals surface area contributed by atoms with E-state index in [0.717, 1.165) is 43.1 Å². The molecule has 0 bridgehead atoms. The zero-order chi connectivity index (χ0) is 17.6. The molecule has 8 heteroatoms. The fraction of sp³-hybridized carbons (Fsp3) is 0.556. The third-order valence-corrected chi connectivity index (χ3v) is 5.73. The Labute approximate surface area is 165 Å². The number of carbonyl (C=O) groups is 2. The minimum atomic E-state index is 0. The van der Waals surface area contributed by atoms with Crippen molar-refractivity contribution in [3.8, 4) is 5.75 Å². The molecular weight excluding hydrogens is 374 g/mol. The van der Waals surface area contributed by atoms with Crippen molar-refractivity contribution >= 4 is 36.0 Å². The maximum absolute atomic E-state index is 12.6. The Morgan fingerprint density at radius 3 is 2.77 bits per heavy atom.